The predicted molar refractivity (Wildman–Crippen MR) is 98.0 cm³/mol. The first-order valence-electron chi connectivity index (χ1n) is 8.44. The molecule has 3 rings (SSSR count). The molecule has 0 radical (unpaired) electrons. The lowest BCUT2D eigenvalue weighted by atomic mass is 10.2. The summed E-state index contributed by atoms with van der Waals surface area (Å²) in [6.45, 7) is 5.14. The smallest absolute Gasteiger partial charge is 0.406 e. The molecule has 11 nitrogen and oxygen atoms in total. The van der Waals surface area contributed by atoms with Crippen molar-refractivity contribution in [3.8, 4) is 0 Å². The number of carbonyl (C=O) groups excluding carboxylic acids is 1. The van der Waals surface area contributed by atoms with Crippen molar-refractivity contribution in [1.82, 2.24) is 19.6 Å². The number of nitrogens with two attached hydrogens (primary N) is 1. The van der Waals surface area contributed by atoms with Crippen LogP contribution in [-0.4, -0.2) is 50.6 Å². The molecule has 0 bridgehead atoms. The Bertz CT molecular complexity index is 819. The number of thioether (sulfide) groups is 1. The average Bonchev–Trinajstić information content (AvgIpc) is 2.96. The molecular weight excluding hydrogens is 397 g/mol. The van der Waals surface area contributed by atoms with Crippen LogP contribution in [0.15, 0.2) is 11.1 Å². The Balaban J connectivity index is 1.65. The lowest BCUT2D eigenvalue weighted by molar-refractivity contribution is -0.149. The van der Waals surface area contributed by atoms with E-state index in [1.165, 1.54) is 29.6 Å². The number of nitrogen functional groups attached to an aromatic ring is 1. The molecule has 0 aromatic carbocycles. The molecule has 2 aliphatic heterocycles. The van der Waals surface area contributed by atoms with Crippen molar-refractivity contribution in [3.63, 3.8) is 0 Å². The van der Waals surface area contributed by atoms with Gasteiger partial charge in [0.2, 0.25) is 5.95 Å². The lowest BCUT2D eigenvalue weighted by Crippen LogP contribution is -2.40. The number of rotatable bonds is 5. The Morgan fingerprint density at radius 1 is 1.52 bits per heavy atom. The number of hydrogen-bond acceptors (Lipinski definition) is 10. The molecule has 0 saturated carbocycles. The van der Waals surface area contributed by atoms with E-state index < -0.39 is 31.6 Å². The number of carbonyl (C=O) groups is 1. The molecule has 0 amide bonds. The Morgan fingerprint density at radius 2 is 2.26 bits per heavy atom. The molecule has 0 aliphatic carbocycles. The molecule has 1 aromatic rings. The highest BCUT2D eigenvalue weighted by Crippen LogP contribution is 2.56. The maximum absolute atomic E-state index is 12.8. The Labute approximate surface area is 159 Å². The van der Waals surface area contributed by atoms with E-state index in [0.29, 0.717) is 6.42 Å². The predicted octanol–water partition coefficient (Wildman–Crippen LogP) is 0.678. The van der Waals surface area contributed by atoms with Crippen LogP contribution in [0.3, 0.4) is 0 Å². The third-order valence-corrected chi connectivity index (χ3v) is 7.24. The largest absolute Gasteiger partial charge is 0.462 e. The van der Waals surface area contributed by atoms with Crippen LogP contribution in [0.2, 0.25) is 0 Å². The van der Waals surface area contributed by atoms with Gasteiger partial charge in [-0.3, -0.25) is 18.4 Å². The van der Waals surface area contributed by atoms with E-state index in [0.717, 1.165) is 0 Å². The monoisotopic (exact) mass is 419 g/mol. The van der Waals surface area contributed by atoms with Crippen molar-refractivity contribution in [2.75, 3.05) is 12.3 Å². The SMILES string of the molecule is CC(C)OC(=O)[C@H](C)NP1(=O)OC[C@H]2S[C@@H](n3cnc(N)nc3=O)C[C@H]2O1. The van der Waals surface area contributed by atoms with Gasteiger partial charge in [-0.1, -0.05) is 0 Å². The third-order valence-electron chi connectivity index (χ3n) is 3.98. The standard InChI is InChI=1S/C14H22N5O6PS/c1-7(2)24-12(20)8(3)18-26(22)23-5-10-9(25-26)4-11(27-10)19-6-16-13(15)17-14(19)21/h6-11H,4-5H2,1-3H3,(H,18,22)(H2,15,17,21)/t8-,9+,10+,11+,26?/m0/s1. The van der Waals surface area contributed by atoms with E-state index >= 15 is 0 Å². The van der Waals surface area contributed by atoms with Crippen molar-refractivity contribution in [3.05, 3.63) is 16.8 Å². The number of ether oxygens (including phenoxy) is 1. The van der Waals surface area contributed by atoms with Crippen LogP contribution in [0.25, 0.3) is 0 Å². The van der Waals surface area contributed by atoms with E-state index in [4.69, 9.17) is 19.5 Å². The Morgan fingerprint density at radius 3 is 2.93 bits per heavy atom. The maximum atomic E-state index is 12.8. The fourth-order valence-electron chi connectivity index (χ4n) is 2.76. The molecule has 1 unspecified atom stereocenters. The van der Waals surface area contributed by atoms with Gasteiger partial charge in [0.1, 0.15) is 12.4 Å². The molecule has 2 saturated heterocycles. The number of hydrogen-bond donors (Lipinski definition) is 2. The van der Waals surface area contributed by atoms with Crippen molar-refractivity contribution < 1.29 is 23.1 Å². The van der Waals surface area contributed by atoms with Gasteiger partial charge in [0, 0.05) is 6.42 Å². The highest BCUT2D eigenvalue weighted by atomic mass is 32.2. The summed E-state index contributed by atoms with van der Waals surface area (Å²) in [6.07, 6.45) is 1.06. The first-order valence-corrected chi connectivity index (χ1v) is 10.9. The number of nitrogens with one attached hydrogen (secondary N) is 1. The lowest BCUT2D eigenvalue weighted by Gasteiger charge is -2.32. The van der Waals surface area contributed by atoms with Crippen molar-refractivity contribution in [2.45, 2.75) is 56.1 Å². The summed E-state index contributed by atoms with van der Waals surface area (Å²) in [4.78, 5) is 31.4. The van der Waals surface area contributed by atoms with E-state index in [1.807, 2.05) is 0 Å². The van der Waals surface area contributed by atoms with Crippen molar-refractivity contribution >= 4 is 31.4 Å². The molecule has 1 aromatic heterocycles. The van der Waals surface area contributed by atoms with Crippen LogP contribution >= 0.6 is 19.5 Å². The minimum Gasteiger partial charge on any atom is -0.462 e. The van der Waals surface area contributed by atoms with Gasteiger partial charge in [-0.05, 0) is 20.8 Å². The van der Waals surface area contributed by atoms with Gasteiger partial charge < -0.3 is 10.5 Å². The number of anilines is 1. The fourth-order valence-corrected chi connectivity index (χ4v) is 6.13. The zero-order valence-corrected chi connectivity index (χ0v) is 16.8. The Kier molecular flexibility index (Phi) is 5.92. The van der Waals surface area contributed by atoms with Crippen molar-refractivity contribution in [1.29, 1.82) is 0 Å². The zero-order valence-electron chi connectivity index (χ0n) is 15.1. The number of aromatic nitrogens is 3. The summed E-state index contributed by atoms with van der Waals surface area (Å²) in [6, 6.07) is -0.854. The van der Waals surface area contributed by atoms with Crippen molar-refractivity contribution in [2.24, 2.45) is 0 Å². The van der Waals surface area contributed by atoms with Crippen LogP contribution in [0.1, 0.15) is 32.6 Å². The molecular formula is C14H22N5O6PS. The topological polar surface area (TPSA) is 148 Å². The van der Waals surface area contributed by atoms with E-state index in [2.05, 4.69) is 15.1 Å². The molecule has 0 spiro atoms. The van der Waals surface area contributed by atoms with Gasteiger partial charge in [0.05, 0.1) is 29.4 Å². The van der Waals surface area contributed by atoms with Crippen LogP contribution in [0.5, 0.6) is 0 Å². The summed E-state index contributed by atoms with van der Waals surface area (Å²) < 4.78 is 30.3. The second-order valence-corrected chi connectivity index (χ2v) is 9.69. The second-order valence-electron chi connectivity index (χ2n) is 6.54. The highest BCUT2D eigenvalue weighted by molar-refractivity contribution is 8.00. The Hall–Kier alpha value is -1.46. The van der Waals surface area contributed by atoms with Gasteiger partial charge in [0.15, 0.2) is 0 Å². The number of esters is 1. The summed E-state index contributed by atoms with van der Waals surface area (Å²) in [5.74, 6) is -0.633. The minimum absolute atomic E-state index is 0.0905. The summed E-state index contributed by atoms with van der Waals surface area (Å²) in [5.41, 5.74) is 4.90. The minimum atomic E-state index is -3.68. The molecule has 2 fully saturated rings. The van der Waals surface area contributed by atoms with Crippen LogP contribution in [-0.2, 0) is 23.1 Å². The molecule has 27 heavy (non-hydrogen) atoms. The summed E-state index contributed by atoms with van der Waals surface area (Å²) >= 11 is 1.45. The first kappa shape index (κ1) is 20.3. The van der Waals surface area contributed by atoms with E-state index in [9.17, 15) is 14.2 Å². The maximum Gasteiger partial charge on any atom is 0.406 e. The van der Waals surface area contributed by atoms with Gasteiger partial charge in [-0.2, -0.15) is 4.98 Å². The van der Waals surface area contributed by atoms with Gasteiger partial charge in [-0.15, -0.1) is 11.8 Å². The molecule has 150 valence electrons. The number of fused-ring (bicyclic) bond motifs is 1. The third kappa shape index (κ3) is 4.69. The summed E-state index contributed by atoms with van der Waals surface area (Å²) in [5, 5.41) is 2.21. The summed E-state index contributed by atoms with van der Waals surface area (Å²) in [7, 11) is -3.68. The molecule has 3 N–H and O–H groups in total. The zero-order chi connectivity index (χ0) is 19.8. The van der Waals surface area contributed by atoms with E-state index in [1.54, 1.807) is 13.8 Å². The average molecular weight is 419 g/mol. The molecule has 13 heteroatoms. The molecule has 3 heterocycles. The molecule has 5 atom stereocenters. The normalized spacial score (nSPS) is 31.5. The van der Waals surface area contributed by atoms with Crippen LogP contribution < -0.4 is 16.5 Å². The highest BCUT2D eigenvalue weighted by Gasteiger charge is 2.47. The van der Waals surface area contributed by atoms with Gasteiger partial charge in [-0.25, -0.2) is 19.4 Å². The second kappa shape index (κ2) is 7.88. The van der Waals surface area contributed by atoms with Gasteiger partial charge >= 0.3 is 19.4 Å². The number of nitrogens with zero attached hydrogens (tertiary/aromatic N) is 3. The van der Waals surface area contributed by atoms with Crippen LogP contribution in [0, 0.1) is 0 Å². The van der Waals surface area contributed by atoms with Crippen LogP contribution in [0.4, 0.5) is 5.95 Å². The molecule has 2 aliphatic rings. The van der Waals surface area contributed by atoms with Gasteiger partial charge in [0.25, 0.3) is 0 Å². The fraction of sp³-hybridized carbons (Fsp3) is 0.714. The van der Waals surface area contributed by atoms with E-state index in [-0.39, 0.29) is 29.3 Å². The first-order chi connectivity index (χ1) is 12.7. The quantitative estimate of drug-likeness (QED) is 0.512.